The Balaban J connectivity index is 1.17. The van der Waals surface area contributed by atoms with Crippen LogP contribution in [-0.2, 0) is 4.79 Å². The molecule has 6 rings (SSSR count). The van der Waals surface area contributed by atoms with Crippen LogP contribution in [0.25, 0.3) is 10.6 Å². The first-order valence-corrected chi connectivity index (χ1v) is 17.6. The fourth-order valence-corrected chi connectivity index (χ4v) is 9.13. The maximum absolute atomic E-state index is 13.3. The number of carboxylic acid groups (broad SMARTS) is 1. The predicted molar refractivity (Wildman–Crippen MR) is 178 cm³/mol. The van der Waals surface area contributed by atoms with Crippen LogP contribution in [0.5, 0.6) is 0 Å². The van der Waals surface area contributed by atoms with Gasteiger partial charge in [0.1, 0.15) is 15.0 Å². The van der Waals surface area contributed by atoms with E-state index < -0.39 is 5.97 Å². The summed E-state index contributed by atoms with van der Waals surface area (Å²) < 4.78 is 0.519. The summed E-state index contributed by atoms with van der Waals surface area (Å²) in [7, 11) is 0. The third-order valence-electron chi connectivity index (χ3n) is 8.80. The molecule has 0 unspecified atom stereocenters. The molecule has 1 aromatic carbocycles. The fourth-order valence-electron chi connectivity index (χ4n) is 6.38. The Labute approximate surface area is 274 Å². The van der Waals surface area contributed by atoms with Gasteiger partial charge in [-0.2, -0.15) is 0 Å². The van der Waals surface area contributed by atoms with E-state index in [-0.39, 0.29) is 11.8 Å². The third-order valence-corrected chi connectivity index (χ3v) is 12.0. The van der Waals surface area contributed by atoms with Crippen LogP contribution in [0.15, 0.2) is 24.3 Å². The van der Waals surface area contributed by atoms with Crippen LogP contribution in [-0.4, -0.2) is 72.2 Å². The van der Waals surface area contributed by atoms with Crippen LogP contribution in [0.1, 0.15) is 55.3 Å². The van der Waals surface area contributed by atoms with E-state index in [1.54, 1.807) is 12.1 Å². The van der Waals surface area contributed by atoms with Crippen LogP contribution in [0, 0.1) is 5.92 Å². The van der Waals surface area contributed by atoms with Gasteiger partial charge in [0.2, 0.25) is 0 Å². The average Bonchev–Trinajstić information content (AvgIpc) is 3.59. The van der Waals surface area contributed by atoms with Gasteiger partial charge in [0.25, 0.3) is 5.91 Å². The largest absolute Gasteiger partial charge is 0.481 e. The molecule has 1 aliphatic carbocycles. The average molecular weight is 683 g/mol. The Kier molecular flexibility index (Phi) is 9.71. The van der Waals surface area contributed by atoms with Crippen LogP contribution in [0.4, 0.5) is 15.8 Å². The zero-order valence-electron chi connectivity index (χ0n) is 23.7. The molecule has 2 aromatic heterocycles. The highest BCUT2D eigenvalue weighted by Gasteiger charge is 2.29. The minimum atomic E-state index is -0.752. The van der Waals surface area contributed by atoms with E-state index in [0.717, 1.165) is 47.4 Å². The highest BCUT2D eigenvalue weighted by atomic mass is 35.5. The number of halogens is 3. The molecule has 230 valence electrons. The Morgan fingerprint density at radius 3 is 2.21 bits per heavy atom. The van der Waals surface area contributed by atoms with E-state index in [0.29, 0.717) is 57.0 Å². The third kappa shape index (κ3) is 6.94. The second-order valence-electron chi connectivity index (χ2n) is 11.4. The monoisotopic (exact) mass is 681 g/mol. The number of rotatable bonds is 7. The molecular weight excluding hydrogens is 649 g/mol. The lowest BCUT2D eigenvalue weighted by molar-refractivity contribution is -0.142. The number of nitrogens with zero attached hydrogens (tertiary/aromatic N) is 4. The quantitative estimate of drug-likeness (QED) is 0.263. The molecule has 13 heteroatoms. The first-order valence-electron chi connectivity index (χ1n) is 14.8. The van der Waals surface area contributed by atoms with E-state index >= 15 is 0 Å². The van der Waals surface area contributed by atoms with Gasteiger partial charge in [-0.1, -0.05) is 65.4 Å². The summed E-state index contributed by atoms with van der Waals surface area (Å²) in [4.78, 5) is 37.5. The summed E-state index contributed by atoms with van der Waals surface area (Å²) in [6.45, 7) is 5.03. The number of hydrogen-bond donors (Lipinski definition) is 2. The number of benzene rings is 1. The zero-order chi connectivity index (χ0) is 30.1. The van der Waals surface area contributed by atoms with Crippen LogP contribution in [0.2, 0.25) is 14.4 Å². The second kappa shape index (κ2) is 13.5. The Hall–Kier alpha value is -2.08. The number of aliphatic carboxylic acids is 1. The summed E-state index contributed by atoms with van der Waals surface area (Å²) in [6.07, 6.45) is 7.73. The Morgan fingerprint density at radius 2 is 1.58 bits per heavy atom. The lowest BCUT2D eigenvalue weighted by Crippen LogP contribution is -2.50. The van der Waals surface area contributed by atoms with E-state index in [9.17, 15) is 14.7 Å². The highest BCUT2D eigenvalue weighted by molar-refractivity contribution is 7.22. The molecule has 1 saturated carbocycles. The number of anilines is 3. The maximum atomic E-state index is 13.3. The summed E-state index contributed by atoms with van der Waals surface area (Å²) >= 11 is 22.1. The molecule has 3 aliphatic rings. The van der Waals surface area contributed by atoms with Crippen molar-refractivity contribution in [1.82, 2.24) is 9.88 Å². The number of thiazole rings is 1. The van der Waals surface area contributed by atoms with Crippen molar-refractivity contribution in [2.45, 2.75) is 51.0 Å². The Morgan fingerprint density at radius 1 is 0.860 bits per heavy atom. The SMILES string of the molecule is O=C(Nc1nc(-c2cc(Cl)c(Cl)s2)c(N2CCN(C3CCCCC3)CC2)s1)c1ccc(N2CCC(C(=O)O)CC2)c(Cl)c1. The van der Waals surface area contributed by atoms with E-state index in [1.165, 1.54) is 54.8 Å². The fraction of sp³-hybridized carbons (Fsp3) is 0.500. The van der Waals surface area contributed by atoms with Gasteiger partial charge in [0.05, 0.1) is 26.5 Å². The standard InChI is InChI=1S/C30H34Cl3N5O3S2/c31-21-16-19(6-7-23(21)37-10-8-18(9-11-37)29(40)41)27(39)35-30-34-25(24-17-22(32)26(33)42-24)28(43-30)38-14-12-36(13-15-38)20-4-2-1-3-5-20/h6-7,16-18,20H,1-5,8-15H2,(H,40,41)(H,34,35,39). The van der Waals surface area contributed by atoms with Crippen molar-refractivity contribution >= 4 is 85.2 Å². The van der Waals surface area contributed by atoms with Gasteiger partial charge in [-0.25, -0.2) is 4.98 Å². The first-order chi connectivity index (χ1) is 20.8. The van der Waals surface area contributed by atoms with Crippen molar-refractivity contribution in [3.8, 4) is 10.6 Å². The number of nitrogens with one attached hydrogen (secondary N) is 1. The van der Waals surface area contributed by atoms with Gasteiger partial charge in [0.15, 0.2) is 5.13 Å². The highest BCUT2D eigenvalue weighted by Crippen LogP contribution is 2.45. The Bertz CT molecular complexity index is 1460. The van der Waals surface area contributed by atoms with Crippen LogP contribution >= 0.6 is 57.5 Å². The second-order valence-corrected chi connectivity index (χ2v) is 14.9. The molecule has 0 spiro atoms. The lowest BCUT2D eigenvalue weighted by Gasteiger charge is -2.41. The minimum Gasteiger partial charge on any atom is -0.481 e. The summed E-state index contributed by atoms with van der Waals surface area (Å²) in [5.74, 6) is -1.37. The van der Waals surface area contributed by atoms with Crippen molar-refractivity contribution in [3.63, 3.8) is 0 Å². The predicted octanol–water partition coefficient (Wildman–Crippen LogP) is 7.84. The number of thiophene rings is 1. The van der Waals surface area contributed by atoms with Gasteiger partial charge in [-0.05, 0) is 49.9 Å². The van der Waals surface area contributed by atoms with Crippen molar-refractivity contribution < 1.29 is 14.7 Å². The topological polar surface area (TPSA) is 89.0 Å². The normalized spacial score (nSPS) is 19.1. The van der Waals surface area contributed by atoms with Gasteiger partial charge in [-0.15, -0.1) is 11.3 Å². The molecule has 2 aliphatic heterocycles. The molecule has 0 radical (unpaired) electrons. The molecule has 4 heterocycles. The molecule has 43 heavy (non-hydrogen) atoms. The van der Waals surface area contributed by atoms with Crippen molar-refractivity contribution in [2.75, 3.05) is 54.4 Å². The zero-order valence-corrected chi connectivity index (χ0v) is 27.6. The van der Waals surface area contributed by atoms with E-state index in [2.05, 4.69) is 20.0 Å². The first kappa shape index (κ1) is 30.9. The van der Waals surface area contributed by atoms with Gasteiger partial charge < -0.3 is 14.9 Å². The van der Waals surface area contributed by atoms with Gasteiger partial charge in [0, 0.05) is 50.9 Å². The minimum absolute atomic E-state index is 0.297. The van der Waals surface area contributed by atoms with E-state index in [1.807, 2.05) is 12.1 Å². The molecule has 3 fully saturated rings. The molecule has 3 aromatic rings. The van der Waals surface area contributed by atoms with Crippen molar-refractivity contribution in [1.29, 1.82) is 0 Å². The molecule has 2 N–H and O–H groups in total. The lowest BCUT2D eigenvalue weighted by atomic mass is 9.94. The van der Waals surface area contributed by atoms with Crippen LogP contribution in [0.3, 0.4) is 0 Å². The van der Waals surface area contributed by atoms with Crippen molar-refractivity contribution in [3.05, 3.63) is 44.2 Å². The summed E-state index contributed by atoms with van der Waals surface area (Å²) in [6, 6.07) is 7.77. The number of piperidine rings is 1. The maximum Gasteiger partial charge on any atom is 0.306 e. The summed E-state index contributed by atoms with van der Waals surface area (Å²) in [5, 5.41) is 14.7. The number of hydrogen-bond acceptors (Lipinski definition) is 8. The molecule has 8 nitrogen and oxygen atoms in total. The molecular formula is C30H34Cl3N5O3S2. The number of carbonyl (C=O) groups excluding carboxylic acids is 1. The molecule has 0 atom stereocenters. The smallest absolute Gasteiger partial charge is 0.306 e. The molecule has 1 amide bonds. The van der Waals surface area contributed by atoms with Crippen LogP contribution < -0.4 is 15.1 Å². The number of aromatic nitrogens is 1. The number of carbonyl (C=O) groups is 2. The van der Waals surface area contributed by atoms with Gasteiger partial charge in [-0.3, -0.25) is 19.8 Å². The molecule has 0 bridgehead atoms. The number of amides is 1. The number of carboxylic acids is 1. The number of piperazine rings is 1. The molecule has 2 saturated heterocycles. The van der Waals surface area contributed by atoms with Crippen molar-refractivity contribution in [2.24, 2.45) is 5.92 Å². The summed E-state index contributed by atoms with van der Waals surface area (Å²) in [5.41, 5.74) is 2.01. The van der Waals surface area contributed by atoms with Gasteiger partial charge >= 0.3 is 5.97 Å². The van der Waals surface area contributed by atoms with E-state index in [4.69, 9.17) is 39.8 Å².